The zero-order chi connectivity index (χ0) is 13.1. The monoisotopic (exact) mass is 262 g/mol. The standard InChI is InChI=1S/C15H26N4/c1-2-7-15(8-10-16-11-9-15)14-17-13(18-19-14)12-5-3-4-6-12/h12,16H,2-11H2,1H3,(H,17,18,19). The topological polar surface area (TPSA) is 53.6 Å². The molecule has 2 aliphatic rings. The van der Waals surface area contributed by atoms with Crippen LogP contribution in [0.3, 0.4) is 0 Å². The summed E-state index contributed by atoms with van der Waals surface area (Å²) in [7, 11) is 0. The van der Waals surface area contributed by atoms with Crippen molar-refractivity contribution < 1.29 is 0 Å². The van der Waals surface area contributed by atoms with E-state index in [1.54, 1.807) is 0 Å². The summed E-state index contributed by atoms with van der Waals surface area (Å²) in [6, 6.07) is 0. The second kappa shape index (κ2) is 5.61. The SMILES string of the molecule is CCCC1(c2n[nH]c(C3CCCC3)n2)CCNCC1. The van der Waals surface area contributed by atoms with E-state index in [9.17, 15) is 0 Å². The molecule has 4 heteroatoms. The molecular formula is C15H26N4. The highest BCUT2D eigenvalue weighted by Gasteiger charge is 2.37. The molecule has 0 aromatic carbocycles. The summed E-state index contributed by atoms with van der Waals surface area (Å²) in [5.74, 6) is 2.89. The molecule has 2 N–H and O–H groups in total. The van der Waals surface area contributed by atoms with Crippen molar-refractivity contribution in [1.29, 1.82) is 0 Å². The van der Waals surface area contributed by atoms with E-state index in [2.05, 4.69) is 22.4 Å². The fraction of sp³-hybridized carbons (Fsp3) is 0.867. The Labute approximate surface area is 115 Å². The largest absolute Gasteiger partial charge is 0.317 e. The molecule has 106 valence electrons. The lowest BCUT2D eigenvalue weighted by Crippen LogP contribution is -2.40. The van der Waals surface area contributed by atoms with Gasteiger partial charge in [0.2, 0.25) is 0 Å². The fourth-order valence-electron chi connectivity index (χ4n) is 3.86. The molecule has 4 nitrogen and oxygen atoms in total. The Morgan fingerprint density at radius 3 is 2.63 bits per heavy atom. The molecule has 0 atom stereocenters. The molecule has 1 aliphatic heterocycles. The third-order valence-electron chi connectivity index (χ3n) is 5.01. The Morgan fingerprint density at radius 1 is 1.21 bits per heavy atom. The molecule has 0 spiro atoms. The van der Waals surface area contributed by atoms with Gasteiger partial charge in [0.25, 0.3) is 0 Å². The van der Waals surface area contributed by atoms with Gasteiger partial charge in [-0.05, 0) is 45.2 Å². The average molecular weight is 262 g/mol. The van der Waals surface area contributed by atoms with Gasteiger partial charge in [-0.25, -0.2) is 4.98 Å². The second-order valence-corrected chi connectivity index (χ2v) is 6.31. The molecule has 2 fully saturated rings. The average Bonchev–Trinajstić information content (AvgIpc) is 3.11. The predicted molar refractivity (Wildman–Crippen MR) is 76.3 cm³/mol. The number of hydrogen-bond acceptors (Lipinski definition) is 3. The molecule has 1 aromatic heterocycles. The summed E-state index contributed by atoms with van der Waals surface area (Å²) in [5.41, 5.74) is 0.230. The van der Waals surface area contributed by atoms with Crippen molar-refractivity contribution in [2.24, 2.45) is 0 Å². The van der Waals surface area contributed by atoms with Crippen LogP contribution >= 0.6 is 0 Å². The number of aromatic amines is 1. The lowest BCUT2D eigenvalue weighted by Gasteiger charge is -2.35. The molecule has 0 unspecified atom stereocenters. The van der Waals surface area contributed by atoms with Crippen LogP contribution in [0.15, 0.2) is 0 Å². The van der Waals surface area contributed by atoms with Crippen molar-refractivity contribution in [3.63, 3.8) is 0 Å². The highest BCUT2D eigenvalue weighted by molar-refractivity contribution is 5.12. The molecule has 0 amide bonds. The summed E-state index contributed by atoms with van der Waals surface area (Å²) in [5, 5.41) is 11.3. The summed E-state index contributed by atoms with van der Waals surface area (Å²) < 4.78 is 0. The Kier molecular flexibility index (Phi) is 3.87. The third kappa shape index (κ3) is 2.55. The first kappa shape index (κ1) is 13.1. The van der Waals surface area contributed by atoms with Crippen LogP contribution in [0.5, 0.6) is 0 Å². The molecule has 19 heavy (non-hydrogen) atoms. The Morgan fingerprint density at radius 2 is 1.95 bits per heavy atom. The Balaban J connectivity index is 1.81. The predicted octanol–water partition coefficient (Wildman–Crippen LogP) is 2.88. The first-order valence-electron chi connectivity index (χ1n) is 7.97. The Hall–Kier alpha value is -0.900. The van der Waals surface area contributed by atoms with E-state index in [4.69, 9.17) is 4.98 Å². The van der Waals surface area contributed by atoms with Crippen molar-refractivity contribution in [3.05, 3.63) is 11.6 Å². The van der Waals surface area contributed by atoms with E-state index in [0.717, 1.165) is 24.7 Å². The fourth-order valence-corrected chi connectivity index (χ4v) is 3.86. The highest BCUT2D eigenvalue weighted by Crippen LogP contribution is 2.38. The number of hydrogen-bond donors (Lipinski definition) is 2. The van der Waals surface area contributed by atoms with Crippen molar-refractivity contribution in [3.8, 4) is 0 Å². The van der Waals surface area contributed by atoms with E-state index in [1.165, 1.54) is 51.4 Å². The quantitative estimate of drug-likeness (QED) is 0.877. The Bertz CT molecular complexity index is 395. The number of nitrogens with zero attached hydrogens (tertiary/aromatic N) is 2. The molecule has 0 radical (unpaired) electrons. The minimum absolute atomic E-state index is 0.230. The van der Waals surface area contributed by atoms with Crippen LogP contribution in [0.4, 0.5) is 0 Å². The number of rotatable bonds is 4. The number of nitrogens with one attached hydrogen (secondary N) is 2. The van der Waals surface area contributed by atoms with E-state index in [0.29, 0.717) is 5.92 Å². The lowest BCUT2D eigenvalue weighted by molar-refractivity contribution is 0.271. The van der Waals surface area contributed by atoms with Crippen LogP contribution in [0.25, 0.3) is 0 Å². The lowest BCUT2D eigenvalue weighted by atomic mass is 9.75. The maximum atomic E-state index is 4.91. The summed E-state index contributed by atoms with van der Waals surface area (Å²) in [6.45, 7) is 4.48. The van der Waals surface area contributed by atoms with Crippen molar-refractivity contribution in [2.75, 3.05) is 13.1 Å². The zero-order valence-electron chi connectivity index (χ0n) is 12.0. The van der Waals surface area contributed by atoms with E-state index in [-0.39, 0.29) is 5.41 Å². The molecule has 1 saturated carbocycles. The van der Waals surface area contributed by atoms with E-state index >= 15 is 0 Å². The normalized spacial score (nSPS) is 23.8. The molecule has 3 rings (SSSR count). The minimum Gasteiger partial charge on any atom is -0.317 e. The van der Waals surface area contributed by atoms with Crippen LogP contribution in [-0.4, -0.2) is 28.3 Å². The van der Waals surface area contributed by atoms with Crippen molar-refractivity contribution in [2.45, 2.75) is 69.6 Å². The molecule has 1 saturated heterocycles. The van der Waals surface area contributed by atoms with Gasteiger partial charge in [0.15, 0.2) is 5.82 Å². The van der Waals surface area contributed by atoms with Crippen LogP contribution in [0, 0.1) is 0 Å². The highest BCUT2D eigenvalue weighted by atomic mass is 15.2. The minimum atomic E-state index is 0.230. The molecule has 0 bridgehead atoms. The van der Waals surface area contributed by atoms with Gasteiger partial charge in [0.1, 0.15) is 5.82 Å². The smallest absolute Gasteiger partial charge is 0.156 e. The van der Waals surface area contributed by atoms with Gasteiger partial charge in [-0.15, -0.1) is 0 Å². The van der Waals surface area contributed by atoms with Crippen molar-refractivity contribution in [1.82, 2.24) is 20.5 Å². The first-order valence-corrected chi connectivity index (χ1v) is 7.97. The van der Waals surface area contributed by atoms with E-state index < -0.39 is 0 Å². The molecule has 2 heterocycles. The summed E-state index contributed by atoms with van der Waals surface area (Å²) >= 11 is 0. The van der Waals surface area contributed by atoms with Gasteiger partial charge in [0, 0.05) is 11.3 Å². The number of aromatic nitrogens is 3. The van der Waals surface area contributed by atoms with Crippen LogP contribution in [-0.2, 0) is 5.41 Å². The van der Waals surface area contributed by atoms with Gasteiger partial charge in [0.05, 0.1) is 0 Å². The maximum absolute atomic E-state index is 4.91. The number of H-pyrrole nitrogens is 1. The third-order valence-corrected chi connectivity index (χ3v) is 5.01. The van der Waals surface area contributed by atoms with Crippen LogP contribution in [0.2, 0.25) is 0 Å². The zero-order valence-corrected chi connectivity index (χ0v) is 12.0. The summed E-state index contributed by atoms with van der Waals surface area (Å²) in [4.78, 5) is 4.91. The van der Waals surface area contributed by atoms with Gasteiger partial charge >= 0.3 is 0 Å². The molecule has 1 aliphatic carbocycles. The van der Waals surface area contributed by atoms with Crippen LogP contribution in [0.1, 0.15) is 75.9 Å². The maximum Gasteiger partial charge on any atom is 0.156 e. The van der Waals surface area contributed by atoms with E-state index in [1.807, 2.05) is 0 Å². The number of piperidine rings is 1. The van der Waals surface area contributed by atoms with Gasteiger partial charge in [-0.2, -0.15) is 5.10 Å². The van der Waals surface area contributed by atoms with Gasteiger partial charge in [-0.3, -0.25) is 5.10 Å². The van der Waals surface area contributed by atoms with Crippen molar-refractivity contribution >= 4 is 0 Å². The van der Waals surface area contributed by atoms with Gasteiger partial charge in [-0.1, -0.05) is 26.2 Å². The summed E-state index contributed by atoms with van der Waals surface area (Å²) in [6.07, 6.45) is 10.1. The molecular weight excluding hydrogens is 236 g/mol. The first-order chi connectivity index (χ1) is 9.34. The van der Waals surface area contributed by atoms with Gasteiger partial charge < -0.3 is 5.32 Å². The second-order valence-electron chi connectivity index (χ2n) is 6.31. The molecule has 1 aromatic rings. The van der Waals surface area contributed by atoms with Crippen LogP contribution < -0.4 is 5.32 Å².